The molecule has 152 valence electrons. The van der Waals surface area contributed by atoms with Crippen LogP contribution in [0.1, 0.15) is 52.9 Å². The smallest absolute Gasteiger partial charge is 0.303 e. The summed E-state index contributed by atoms with van der Waals surface area (Å²) in [5.41, 5.74) is 0.592. The Labute approximate surface area is 166 Å². The summed E-state index contributed by atoms with van der Waals surface area (Å²) < 4.78 is 4.97. The molecule has 0 aliphatic heterocycles. The number of aliphatic hydroxyl groups excluding tert-OH is 1. The second-order valence-electron chi connectivity index (χ2n) is 9.67. The molecular weight excluding hydrogens is 356 g/mol. The summed E-state index contributed by atoms with van der Waals surface area (Å²) >= 11 is 0. The van der Waals surface area contributed by atoms with Gasteiger partial charge in [0.15, 0.2) is 11.6 Å². The van der Waals surface area contributed by atoms with Gasteiger partial charge in [-0.2, -0.15) is 0 Å². The maximum absolute atomic E-state index is 12.8. The van der Waals surface area contributed by atoms with Gasteiger partial charge in [-0.25, -0.2) is 0 Å². The Bertz CT molecular complexity index is 780. The molecule has 0 amide bonds. The number of rotatable bonds is 3. The van der Waals surface area contributed by atoms with Gasteiger partial charge in [0.25, 0.3) is 0 Å². The predicted octanol–water partition coefficient (Wildman–Crippen LogP) is 3.01. The minimum Gasteiger partial charge on any atom is -0.458 e. The van der Waals surface area contributed by atoms with E-state index in [1.54, 1.807) is 6.08 Å². The van der Waals surface area contributed by atoms with Gasteiger partial charge in [-0.15, -0.1) is 0 Å². The van der Waals surface area contributed by atoms with Gasteiger partial charge in [0.1, 0.15) is 6.61 Å². The summed E-state index contributed by atoms with van der Waals surface area (Å²) in [5, 5.41) is 11.3. The lowest BCUT2D eigenvalue weighted by Crippen LogP contribution is -2.56. The van der Waals surface area contributed by atoms with E-state index in [-0.39, 0.29) is 40.8 Å². The topological polar surface area (TPSA) is 80.7 Å². The predicted molar refractivity (Wildman–Crippen MR) is 103 cm³/mol. The molecule has 0 aromatic rings. The maximum Gasteiger partial charge on any atom is 0.303 e. The molecular formula is C23H30O5. The van der Waals surface area contributed by atoms with Gasteiger partial charge in [0, 0.05) is 30.6 Å². The first kappa shape index (κ1) is 19.6. The number of esters is 1. The zero-order valence-corrected chi connectivity index (χ0v) is 16.9. The average molecular weight is 386 g/mol. The molecule has 0 saturated heterocycles. The average Bonchev–Trinajstić information content (AvgIpc) is 2.96. The van der Waals surface area contributed by atoms with E-state index in [0.717, 1.165) is 24.8 Å². The van der Waals surface area contributed by atoms with Gasteiger partial charge in [-0.3, -0.25) is 14.4 Å². The lowest BCUT2D eigenvalue weighted by Gasteiger charge is -2.58. The quantitative estimate of drug-likeness (QED) is 0.596. The minimum absolute atomic E-state index is 0.0211. The van der Waals surface area contributed by atoms with Crippen molar-refractivity contribution in [3.63, 3.8) is 0 Å². The number of carbonyl (C=O) groups excluding carboxylic acids is 3. The molecule has 3 unspecified atom stereocenters. The molecule has 4 aliphatic carbocycles. The zero-order chi connectivity index (χ0) is 20.3. The Balaban J connectivity index is 1.63. The fraction of sp³-hybridized carbons (Fsp3) is 0.696. The third-order valence-electron chi connectivity index (χ3n) is 8.26. The highest BCUT2D eigenvalue weighted by atomic mass is 16.5. The number of ketones is 2. The third-order valence-corrected chi connectivity index (χ3v) is 8.26. The SMILES string of the molecule is CC(=O)OCC(=O)C1CCC2[C@@H]3CC=C4CC(=O)C=C[C@]4(C)C3[C@@H](O)C[C@]12C. The van der Waals surface area contributed by atoms with Crippen molar-refractivity contribution in [2.45, 2.75) is 59.0 Å². The van der Waals surface area contributed by atoms with Crippen LogP contribution in [0.15, 0.2) is 23.8 Å². The minimum atomic E-state index is -0.514. The summed E-state index contributed by atoms with van der Waals surface area (Å²) in [6.45, 7) is 5.45. The monoisotopic (exact) mass is 386 g/mol. The number of hydrogen-bond acceptors (Lipinski definition) is 5. The standard InChI is InChI=1S/C23H30O5/c1-13(24)28-12-20(27)18-7-6-17-16-5-4-14-10-15(25)8-9-22(14,2)21(16)19(26)11-23(17,18)3/h4,8-9,16-19,21,26H,5-7,10-12H2,1-3H3/t16-,17?,18?,19-,21?,22-,23-/m0/s1. The molecule has 2 saturated carbocycles. The zero-order valence-electron chi connectivity index (χ0n) is 16.9. The van der Waals surface area contributed by atoms with Crippen molar-refractivity contribution in [1.82, 2.24) is 0 Å². The highest BCUT2D eigenvalue weighted by molar-refractivity contribution is 5.93. The first-order valence-electron chi connectivity index (χ1n) is 10.4. The molecule has 0 spiro atoms. The molecule has 0 radical (unpaired) electrons. The van der Waals surface area contributed by atoms with Crippen LogP contribution < -0.4 is 0 Å². The van der Waals surface area contributed by atoms with Crippen LogP contribution in [0, 0.1) is 34.5 Å². The Kier molecular flexibility index (Phi) is 4.65. The number of allylic oxidation sites excluding steroid dienone is 4. The first-order chi connectivity index (χ1) is 13.2. The molecule has 0 aromatic heterocycles. The molecule has 4 rings (SSSR count). The second-order valence-corrected chi connectivity index (χ2v) is 9.67. The van der Waals surface area contributed by atoms with Crippen LogP contribution in [-0.4, -0.2) is 35.4 Å². The molecule has 2 fully saturated rings. The van der Waals surface area contributed by atoms with Gasteiger partial charge in [-0.05, 0) is 49.0 Å². The molecule has 1 N–H and O–H groups in total. The lowest BCUT2D eigenvalue weighted by molar-refractivity contribution is -0.151. The van der Waals surface area contributed by atoms with Crippen molar-refractivity contribution in [2.24, 2.45) is 34.5 Å². The Morgan fingerprint density at radius 3 is 2.75 bits per heavy atom. The van der Waals surface area contributed by atoms with E-state index in [2.05, 4.69) is 19.9 Å². The van der Waals surface area contributed by atoms with Crippen molar-refractivity contribution in [2.75, 3.05) is 6.61 Å². The van der Waals surface area contributed by atoms with E-state index >= 15 is 0 Å². The molecule has 0 aromatic carbocycles. The van der Waals surface area contributed by atoms with Crippen molar-refractivity contribution < 1.29 is 24.2 Å². The molecule has 5 nitrogen and oxygen atoms in total. The number of fused-ring (bicyclic) bond motifs is 5. The van der Waals surface area contributed by atoms with E-state index in [4.69, 9.17) is 4.74 Å². The third kappa shape index (κ3) is 2.81. The summed E-state index contributed by atoms with van der Waals surface area (Å²) in [4.78, 5) is 35.8. The Hall–Kier alpha value is -1.75. The fourth-order valence-electron chi connectivity index (χ4n) is 7.04. The number of hydrogen-bond donors (Lipinski definition) is 1. The van der Waals surface area contributed by atoms with Crippen LogP contribution >= 0.6 is 0 Å². The van der Waals surface area contributed by atoms with Crippen molar-refractivity contribution in [1.29, 1.82) is 0 Å². The molecule has 5 heteroatoms. The van der Waals surface area contributed by atoms with Crippen LogP contribution in [-0.2, 0) is 19.1 Å². The van der Waals surface area contributed by atoms with Crippen molar-refractivity contribution >= 4 is 17.5 Å². The van der Waals surface area contributed by atoms with E-state index < -0.39 is 12.1 Å². The Morgan fingerprint density at radius 2 is 2.04 bits per heavy atom. The normalized spacial score (nSPS) is 44.2. The number of Topliss-reactive ketones (excluding diaryl/α,β-unsaturated/α-hetero) is 1. The van der Waals surface area contributed by atoms with Crippen molar-refractivity contribution in [3.05, 3.63) is 23.8 Å². The van der Waals surface area contributed by atoms with Crippen LogP contribution in [0.2, 0.25) is 0 Å². The van der Waals surface area contributed by atoms with E-state index in [9.17, 15) is 19.5 Å². The van der Waals surface area contributed by atoms with Gasteiger partial charge in [0.2, 0.25) is 0 Å². The first-order valence-corrected chi connectivity index (χ1v) is 10.4. The Morgan fingerprint density at radius 1 is 1.29 bits per heavy atom. The summed E-state index contributed by atoms with van der Waals surface area (Å²) in [6.07, 6.45) is 9.04. The van der Waals surface area contributed by atoms with Gasteiger partial charge < -0.3 is 9.84 Å². The summed E-state index contributed by atoms with van der Waals surface area (Å²) in [6, 6.07) is 0. The molecule has 28 heavy (non-hydrogen) atoms. The maximum atomic E-state index is 12.8. The van der Waals surface area contributed by atoms with Gasteiger partial charge in [-0.1, -0.05) is 31.6 Å². The van der Waals surface area contributed by atoms with Gasteiger partial charge >= 0.3 is 5.97 Å². The largest absolute Gasteiger partial charge is 0.458 e. The summed E-state index contributed by atoms with van der Waals surface area (Å²) in [5.74, 6) is 0.237. The van der Waals surface area contributed by atoms with Crippen LogP contribution in [0.25, 0.3) is 0 Å². The summed E-state index contributed by atoms with van der Waals surface area (Å²) in [7, 11) is 0. The van der Waals surface area contributed by atoms with Gasteiger partial charge in [0.05, 0.1) is 6.10 Å². The number of carbonyl (C=O) groups is 3. The van der Waals surface area contributed by atoms with E-state index in [0.29, 0.717) is 24.7 Å². The molecule has 7 atom stereocenters. The number of aliphatic hydroxyl groups is 1. The molecule has 0 heterocycles. The highest BCUT2D eigenvalue weighted by Gasteiger charge is 2.62. The highest BCUT2D eigenvalue weighted by Crippen LogP contribution is 2.65. The van der Waals surface area contributed by atoms with E-state index in [1.807, 2.05) is 6.08 Å². The van der Waals surface area contributed by atoms with Crippen LogP contribution in [0.3, 0.4) is 0 Å². The van der Waals surface area contributed by atoms with Crippen molar-refractivity contribution in [3.8, 4) is 0 Å². The second kappa shape index (κ2) is 6.65. The number of ether oxygens (including phenoxy) is 1. The van der Waals surface area contributed by atoms with Crippen LogP contribution in [0.5, 0.6) is 0 Å². The fourth-order valence-corrected chi connectivity index (χ4v) is 7.04. The lowest BCUT2D eigenvalue weighted by atomic mass is 9.47. The molecule has 4 aliphatic rings. The van der Waals surface area contributed by atoms with Crippen LogP contribution in [0.4, 0.5) is 0 Å². The molecule has 0 bridgehead atoms. The van der Waals surface area contributed by atoms with E-state index in [1.165, 1.54) is 6.92 Å².